The van der Waals surface area contributed by atoms with E-state index in [1.807, 2.05) is 0 Å². The molecule has 1 aromatic rings. The number of aliphatic carboxylic acids is 1. The fraction of sp³-hybridized carbons (Fsp3) is 0.529. The van der Waals surface area contributed by atoms with Gasteiger partial charge in [-0.25, -0.2) is 9.59 Å². The van der Waals surface area contributed by atoms with Gasteiger partial charge in [-0.3, -0.25) is 14.7 Å². The largest absolute Gasteiger partial charge is 0.479 e. The van der Waals surface area contributed by atoms with Gasteiger partial charge in [-0.15, -0.1) is 0 Å². The molecule has 1 aliphatic heterocycles. The van der Waals surface area contributed by atoms with Crippen LogP contribution in [0, 0.1) is 0 Å². The summed E-state index contributed by atoms with van der Waals surface area (Å²) in [6.07, 6.45) is 2.69. The second-order valence-corrected chi connectivity index (χ2v) is 6.91. The molecule has 1 N–H and O–H groups in total. The smallest absolute Gasteiger partial charge is 0.411 e. The number of aromatic nitrogens is 1. The van der Waals surface area contributed by atoms with Crippen molar-refractivity contribution in [3.8, 4) is 0 Å². The molecule has 0 aromatic carbocycles. The first-order chi connectivity index (χ1) is 11.2. The first-order valence-corrected chi connectivity index (χ1v) is 7.83. The number of carbonyl (C=O) groups is 3. The van der Waals surface area contributed by atoms with Crippen molar-refractivity contribution in [2.45, 2.75) is 51.2 Å². The summed E-state index contributed by atoms with van der Waals surface area (Å²) in [5.74, 6) is -1.52. The Labute approximate surface area is 140 Å². The minimum absolute atomic E-state index is 0.221. The molecule has 7 heteroatoms. The number of pyridine rings is 1. The molecule has 1 saturated heterocycles. The molecule has 7 nitrogen and oxygen atoms in total. The quantitative estimate of drug-likeness (QED) is 0.850. The number of likely N-dealkylation sites (tertiary alicyclic amines) is 1. The highest BCUT2D eigenvalue weighted by Crippen LogP contribution is 2.35. The summed E-state index contributed by atoms with van der Waals surface area (Å²) in [6, 6.07) is 3.06. The zero-order valence-electron chi connectivity index (χ0n) is 14.1. The molecule has 130 valence electrons. The van der Waals surface area contributed by atoms with Crippen LogP contribution in [-0.4, -0.2) is 50.5 Å². The molecule has 0 aliphatic carbocycles. The van der Waals surface area contributed by atoms with E-state index in [9.17, 15) is 19.5 Å². The Bertz CT molecular complexity index is 638. The Morgan fingerprint density at radius 3 is 2.46 bits per heavy atom. The number of hydrogen-bond acceptors (Lipinski definition) is 5. The fourth-order valence-electron chi connectivity index (χ4n) is 2.85. The zero-order valence-corrected chi connectivity index (χ0v) is 14.1. The standard InChI is InChI=1S/C17H22N2O5/c1-16(2,3)24-15(23)19-10-4-7-17(19,14(21)22)11-13(20)12-5-8-18-9-6-12/h5-6,8-9H,4,7,10-11H2,1-3H3,(H,21,22)/t17-/m0/s1. The molecule has 2 rings (SSSR count). The number of nitrogens with zero attached hydrogens (tertiary/aromatic N) is 2. The van der Waals surface area contributed by atoms with Gasteiger partial charge in [-0.1, -0.05) is 0 Å². The first kappa shape index (κ1) is 17.9. The van der Waals surface area contributed by atoms with Gasteiger partial charge < -0.3 is 9.84 Å². The molecule has 1 fully saturated rings. The van der Waals surface area contributed by atoms with E-state index in [1.54, 1.807) is 20.8 Å². The zero-order chi connectivity index (χ0) is 18.0. The van der Waals surface area contributed by atoms with E-state index in [0.717, 1.165) is 0 Å². The molecule has 1 aliphatic rings. The van der Waals surface area contributed by atoms with Crippen molar-refractivity contribution < 1.29 is 24.2 Å². The van der Waals surface area contributed by atoms with Gasteiger partial charge in [0.25, 0.3) is 0 Å². The Balaban J connectivity index is 2.27. The van der Waals surface area contributed by atoms with Gasteiger partial charge in [0, 0.05) is 30.9 Å². The Morgan fingerprint density at radius 2 is 1.92 bits per heavy atom. The van der Waals surface area contributed by atoms with Crippen LogP contribution >= 0.6 is 0 Å². The van der Waals surface area contributed by atoms with E-state index >= 15 is 0 Å². The topological polar surface area (TPSA) is 96.8 Å². The van der Waals surface area contributed by atoms with Gasteiger partial charge in [0.15, 0.2) is 11.3 Å². The first-order valence-electron chi connectivity index (χ1n) is 7.83. The number of hydrogen-bond donors (Lipinski definition) is 1. The SMILES string of the molecule is CC(C)(C)OC(=O)N1CCC[C@]1(CC(=O)c1ccncc1)C(=O)O. The number of ketones is 1. The van der Waals surface area contributed by atoms with Crippen molar-refractivity contribution in [3.05, 3.63) is 30.1 Å². The molecule has 0 unspecified atom stereocenters. The van der Waals surface area contributed by atoms with E-state index in [2.05, 4.69) is 4.98 Å². The lowest BCUT2D eigenvalue weighted by Crippen LogP contribution is -2.55. The van der Waals surface area contributed by atoms with Gasteiger partial charge in [0.1, 0.15) is 5.60 Å². The molecule has 1 aromatic heterocycles. The van der Waals surface area contributed by atoms with Crippen LogP contribution in [0.25, 0.3) is 0 Å². The minimum Gasteiger partial charge on any atom is -0.479 e. The Hall–Kier alpha value is -2.44. The summed E-state index contributed by atoms with van der Waals surface area (Å²) >= 11 is 0. The maximum absolute atomic E-state index is 12.5. The van der Waals surface area contributed by atoms with Crippen LogP contribution in [0.15, 0.2) is 24.5 Å². The Morgan fingerprint density at radius 1 is 1.29 bits per heavy atom. The molecule has 0 radical (unpaired) electrons. The van der Waals surface area contributed by atoms with Crippen LogP contribution in [0.2, 0.25) is 0 Å². The third-order valence-corrected chi connectivity index (χ3v) is 3.96. The highest BCUT2D eigenvalue weighted by Gasteiger charge is 2.52. The number of carboxylic acid groups (broad SMARTS) is 1. The van der Waals surface area contributed by atoms with Crippen LogP contribution in [-0.2, 0) is 9.53 Å². The van der Waals surface area contributed by atoms with E-state index in [-0.39, 0.29) is 25.2 Å². The summed E-state index contributed by atoms with van der Waals surface area (Å²) < 4.78 is 5.32. The molecular weight excluding hydrogens is 312 g/mol. The lowest BCUT2D eigenvalue weighted by atomic mass is 9.88. The average molecular weight is 334 g/mol. The van der Waals surface area contributed by atoms with Gasteiger partial charge in [-0.2, -0.15) is 0 Å². The predicted octanol–water partition coefficient (Wildman–Crippen LogP) is 2.51. The van der Waals surface area contributed by atoms with Gasteiger partial charge in [0.05, 0.1) is 0 Å². The number of ether oxygens (including phenoxy) is 1. The third-order valence-electron chi connectivity index (χ3n) is 3.96. The monoisotopic (exact) mass is 334 g/mol. The van der Waals surface area contributed by atoms with Crippen LogP contribution in [0.4, 0.5) is 4.79 Å². The molecule has 0 bridgehead atoms. The molecular formula is C17H22N2O5. The van der Waals surface area contributed by atoms with Crippen LogP contribution in [0.5, 0.6) is 0 Å². The van der Waals surface area contributed by atoms with E-state index in [0.29, 0.717) is 12.0 Å². The van der Waals surface area contributed by atoms with E-state index in [4.69, 9.17) is 4.74 Å². The van der Waals surface area contributed by atoms with E-state index < -0.39 is 23.2 Å². The maximum Gasteiger partial charge on any atom is 0.411 e. The molecule has 24 heavy (non-hydrogen) atoms. The average Bonchev–Trinajstić information content (AvgIpc) is 2.91. The number of amides is 1. The highest BCUT2D eigenvalue weighted by molar-refractivity contribution is 6.01. The molecule has 1 atom stereocenters. The normalized spacial score (nSPS) is 20.7. The van der Waals surface area contributed by atoms with Crippen molar-refractivity contribution in [2.75, 3.05) is 6.54 Å². The summed E-state index contributed by atoms with van der Waals surface area (Å²) in [5, 5.41) is 9.76. The summed E-state index contributed by atoms with van der Waals surface area (Å²) in [4.78, 5) is 41.9. The number of carboxylic acids is 1. The summed E-state index contributed by atoms with van der Waals surface area (Å²) in [5.41, 5.74) is -1.93. The van der Waals surface area contributed by atoms with Crippen LogP contribution in [0.1, 0.15) is 50.4 Å². The molecule has 0 spiro atoms. The van der Waals surface area contributed by atoms with Crippen molar-refractivity contribution in [1.29, 1.82) is 0 Å². The fourth-order valence-corrected chi connectivity index (χ4v) is 2.85. The van der Waals surface area contributed by atoms with Crippen LogP contribution in [0.3, 0.4) is 0 Å². The number of carbonyl (C=O) groups excluding carboxylic acids is 2. The third kappa shape index (κ3) is 3.72. The Kier molecular flexibility index (Phi) is 4.91. The van der Waals surface area contributed by atoms with Crippen molar-refractivity contribution in [2.24, 2.45) is 0 Å². The second kappa shape index (κ2) is 6.59. The van der Waals surface area contributed by atoms with E-state index in [1.165, 1.54) is 29.4 Å². The highest BCUT2D eigenvalue weighted by atomic mass is 16.6. The van der Waals surface area contributed by atoms with Gasteiger partial charge >= 0.3 is 12.1 Å². The number of Topliss-reactive ketones (excluding diaryl/α,β-unsaturated/α-hetero) is 1. The lowest BCUT2D eigenvalue weighted by molar-refractivity contribution is -0.149. The van der Waals surface area contributed by atoms with Gasteiger partial charge in [-0.05, 0) is 45.7 Å². The van der Waals surface area contributed by atoms with Crippen molar-refractivity contribution in [1.82, 2.24) is 9.88 Å². The predicted molar refractivity (Wildman–Crippen MR) is 85.7 cm³/mol. The summed E-state index contributed by atoms with van der Waals surface area (Å²) in [6.45, 7) is 5.40. The molecule has 0 saturated carbocycles. The minimum atomic E-state index is -1.57. The molecule has 2 heterocycles. The maximum atomic E-state index is 12.5. The van der Waals surface area contributed by atoms with Crippen molar-refractivity contribution in [3.63, 3.8) is 0 Å². The van der Waals surface area contributed by atoms with Gasteiger partial charge in [0.2, 0.25) is 0 Å². The second-order valence-electron chi connectivity index (χ2n) is 6.91. The molecule has 1 amide bonds. The summed E-state index contributed by atoms with van der Waals surface area (Å²) in [7, 11) is 0. The van der Waals surface area contributed by atoms with Crippen LogP contribution < -0.4 is 0 Å². The lowest BCUT2D eigenvalue weighted by Gasteiger charge is -2.35. The van der Waals surface area contributed by atoms with Crippen molar-refractivity contribution >= 4 is 17.8 Å². The number of rotatable bonds is 4.